The van der Waals surface area contributed by atoms with Crippen LogP contribution in [0.4, 0.5) is 0 Å². The van der Waals surface area contributed by atoms with Gasteiger partial charge in [-0.25, -0.2) is 0 Å². The van der Waals surface area contributed by atoms with E-state index in [9.17, 15) is 4.79 Å². The summed E-state index contributed by atoms with van der Waals surface area (Å²) < 4.78 is 5.39. The third-order valence-corrected chi connectivity index (χ3v) is 4.14. The largest absolute Gasteiger partial charge is 0.496 e. The van der Waals surface area contributed by atoms with E-state index in [0.717, 1.165) is 37.2 Å². The van der Waals surface area contributed by atoms with Crippen LogP contribution in [0.5, 0.6) is 5.75 Å². The molecule has 0 radical (unpaired) electrons. The number of amides is 1. The summed E-state index contributed by atoms with van der Waals surface area (Å²) in [6, 6.07) is 7.83. The lowest BCUT2D eigenvalue weighted by molar-refractivity contribution is -0.134. The molecule has 2 rings (SSSR count). The summed E-state index contributed by atoms with van der Waals surface area (Å²) in [5.74, 6) is 1.06. The van der Waals surface area contributed by atoms with Crippen LogP contribution in [0.25, 0.3) is 0 Å². The normalized spacial score (nSPS) is 18.1. The lowest BCUT2D eigenvalue weighted by Gasteiger charge is -2.31. The summed E-state index contributed by atoms with van der Waals surface area (Å²) in [5.41, 5.74) is 1.08. The van der Waals surface area contributed by atoms with Gasteiger partial charge in [0.05, 0.1) is 13.2 Å². The standard InChI is InChI=1S/C17H26N2O2/c1-13(15-9-5-6-10-16(15)21-3)18-14(2)17(20)19-11-7-4-8-12-19/h5-6,9-10,13-14,18H,4,7-8,11-12H2,1-3H3/t13-,14?/m1/s1. The number of para-hydroxylation sites is 1. The quantitative estimate of drug-likeness (QED) is 0.906. The Labute approximate surface area is 127 Å². The molecule has 0 aromatic heterocycles. The third-order valence-electron chi connectivity index (χ3n) is 4.14. The van der Waals surface area contributed by atoms with Crippen LogP contribution in [-0.2, 0) is 4.79 Å². The number of benzene rings is 1. The maximum atomic E-state index is 12.5. The number of carbonyl (C=O) groups excluding carboxylic acids is 1. The van der Waals surface area contributed by atoms with E-state index in [-0.39, 0.29) is 18.0 Å². The summed E-state index contributed by atoms with van der Waals surface area (Å²) in [7, 11) is 1.67. The highest BCUT2D eigenvalue weighted by Crippen LogP contribution is 2.24. The van der Waals surface area contributed by atoms with Gasteiger partial charge in [0.25, 0.3) is 0 Å². The molecule has 0 spiro atoms. The van der Waals surface area contributed by atoms with Crippen molar-refractivity contribution in [2.45, 2.75) is 45.2 Å². The van der Waals surface area contributed by atoms with Gasteiger partial charge in [0.1, 0.15) is 5.75 Å². The molecule has 1 N–H and O–H groups in total. The van der Waals surface area contributed by atoms with Gasteiger partial charge in [-0.2, -0.15) is 0 Å². The Bertz CT molecular complexity index is 470. The molecule has 1 aromatic carbocycles. The summed E-state index contributed by atoms with van der Waals surface area (Å²) in [5, 5.41) is 3.40. The molecule has 1 heterocycles. The van der Waals surface area contributed by atoms with Crippen LogP contribution >= 0.6 is 0 Å². The molecule has 1 unspecified atom stereocenters. The molecule has 21 heavy (non-hydrogen) atoms. The zero-order valence-electron chi connectivity index (χ0n) is 13.3. The molecule has 1 fully saturated rings. The zero-order valence-corrected chi connectivity index (χ0v) is 13.3. The van der Waals surface area contributed by atoms with Gasteiger partial charge in [-0.3, -0.25) is 10.1 Å². The van der Waals surface area contributed by atoms with Crippen LogP contribution in [0.3, 0.4) is 0 Å². The van der Waals surface area contributed by atoms with E-state index >= 15 is 0 Å². The molecule has 1 aliphatic rings. The van der Waals surface area contributed by atoms with Crippen molar-refractivity contribution in [2.24, 2.45) is 0 Å². The van der Waals surface area contributed by atoms with E-state index < -0.39 is 0 Å². The van der Waals surface area contributed by atoms with Crippen molar-refractivity contribution in [1.82, 2.24) is 10.2 Å². The predicted octanol–water partition coefficient (Wildman–Crippen LogP) is 2.75. The molecule has 0 saturated carbocycles. The lowest BCUT2D eigenvalue weighted by atomic mass is 10.1. The van der Waals surface area contributed by atoms with Crippen molar-refractivity contribution in [3.8, 4) is 5.75 Å². The van der Waals surface area contributed by atoms with E-state index in [2.05, 4.69) is 12.2 Å². The second-order valence-electron chi connectivity index (χ2n) is 5.74. The number of nitrogens with one attached hydrogen (secondary N) is 1. The Morgan fingerprint density at radius 3 is 2.52 bits per heavy atom. The SMILES string of the molecule is COc1ccccc1[C@@H](C)NC(C)C(=O)N1CCCCC1. The number of carbonyl (C=O) groups is 1. The van der Waals surface area contributed by atoms with Gasteiger partial charge in [-0.15, -0.1) is 0 Å². The first-order valence-electron chi connectivity index (χ1n) is 7.81. The maximum Gasteiger partial charge on any atom is 0.239 e. The number of ether oxygens (including phenoxy) is 1. The van der Waals surface area contributed by atoms with Crippen molar-refractivity contribution in [3.63, 3.8) is 0 Å². The molecular weight excluding hydrogens is 264 g/mol. The van der Waals surface area contributed by atoms with Gasteiger partial charge in [-0.1, -0.05) is 18.2 Å². The minimum atomic E-state index is -0.178. The monoisotopic (exact) mass is 290 g/mol. The Morgan fingerprint density at radius 1 is 1.19 bits per heavy atom. The molecule has 4 nitrogen and oxygen atoms in total. The average molecular weight is 290 g/mol. The second kappa shape index (κ2) is 7.46. The van der Waals surface area contributed by atoms with Gasteiger partial charge >= 0.3 is 0 Å². The van der Waals surface area contributed by atoms with E-state index in [0.29, 0.717) is 0 Å². The van der Waals surface area contributed by atoms with Crippen LogP contribution in [0, 0.1) is 0 Å². The molecule has 1 aromatic rings. The summed E-state index contributed by atoms with van der Waals surface area (Å²) in [6.45, 7) is 5.81. The highest BCUT2D eigenvalue weighted by atomic mass is 16.5. The molecular formula is C17H26N2O2. The smallest absolute Gasteiger partial charge is 0.239 e. The molecule has 116 valence electrons. The molecule has 4 heteroatoms. The van der Waals surface area contributed by atoms with Crippen molar-refractivity contribution in [1.29, 1.82) is 0 Å². The van der Waals surface area contributed by atoms with E-state index in [4.69, 9.17) is 4.74 Å². The number of piperidine rings is 1. The van der Waals surface area contributed by atoms with Crippen molar-refractivity contribution >= 4 is 5.91 Å². The number of hydrogen-bond acceptors (Lipinski definition) is 3. The molecule has 1 aliphatic heterocycles. The summed E-state index contributed by atoms with van der Waals surface area (Å²) >= 11 is 0. The van der Waals surface area contributed by atoms with Gasteiger partial charge in [0, 0.05) is 24.7 Å². The van der Waals surface area contributed by atoms with Crippen LogP contribution in [0.2, 0.25) is 0 Å². The van der Waals surface area contributed by atoms with Crippen LogP contribution in [0.15, 0.2) is 24.3 Å². The average Bonchev–Trinajstić information content (AvgIpc) is 2.54. The molecule has 0 aliphatic carbocycles. The van der Waals surface area contributed by atoms with E-state index in [1.54, 1.807) is 7.11 Å². The van der Waals surface area contributed by atoms with Crippen molar-refractivity contribution < 1.29 is 9.53 Å². The highest BCUT2D eigenvalue weighted by Gasteiger charge is 2.24. The molecule has 0 bridgehead atoms. The first-order chi connectivity index (χ1) is 10.1. The minimum absolute atomic E-state index is 0.0740. The molecule has 1 saturated heterocycles. The Balaban J connectivity index is 1.97. The maximum absolute atomic E-state index is 12.5. The van der Waals surface area contributed by atoms with Gasteiger partial charge in [-0.05, 0) is 39.2 Å². The number of rotatable bonds is 5. The topological polar surface area (TPSA) is 41.6 Å². The first-order valence-corrected chi connectivity index (χ1v) is 7.81. The fourth-order valence-electron chi connectivity index (χ4n) is 2.95. The third kappa shape index (κ3) is 3.97. The van der Waals surface area contributed by atoms with E-state index in [1.807, 2.05) is 36.1 Å². The number of likely N-dealkylation sites (tertiary alicyclic amines) is 1. The Kier molecular flexibility index (Phi) is 5.62. The molecule has 1 amide bonds. The van der Waals surface area contributed by atoms with Crippen molar-refractivity contribution in [2.75, 3.05) is 20.2 Å². The Morgan fingerprint density at radius 2 is 1.86 bits per heavy atom. The number of hydrogen-bond donors (Lipinski definition) is 1. The summed E-state index contributed by atoms with van der Waals surface area (Å²) in [6.07, 6.45) is 3.49. The highest BCUT2D eigenvalue weighted by molar-refractivity contribution is 5.81. The fraction of sp³-hybridized carbons (Fsp3) is 0.588. The van der Waals surface area contributed by atoms with Gasteiger partial charge in [0.2, 0.25) is 5.91 Å². The summed E-state index contributed by atoms with van der Waals surface area (Å²) in [4.78, 5) is 14.4. The lowest BCUT2D eigenvalue weighted by Crippen LogP contribution is -2.47. The van der Waals surface area contributed by atoms with E-state index in [1.165, 1.54) is 6.42 Å². The number of nitrogens with zero attached hydrogens (tertiary/aromatic N) is 1. The van der Waals surface area contributed by atoms with Crippen LogP contribution < -0.4 is 10.1 Å². The van der Waals surface area contributed by atoms with Crippen molar-refractivity contribution in [3.05, 3.63) is 29.8 Å². The van der Waals surface area contributed by atoms with Gasteiger partial charge in [0.15, 0.2) is 0 Å². The second-order valence-corrected chi connectivity index (χ2v) is 5.74. The number of methoxy groups -OCH3 is 1. The first kappa shape index (κ1) is 15.8. The van der Waals surface area contributed by atoms with Crippen LogP contribution in [0.1, 0.15) is 44.7 Å². The molecule has 2 atom stereocenters. The predicted molar refractivity (Wildman–Crippen MR) is 84.4 cm³/mol. The fourth-order valence-corrected chi connectivity index (χ4v) is 2.95. The minimum Gasteiger partial charge on any atom is -0.496 e. The zero-order chi connectivity index (χ0) is 15.2. The van der Waals surface area contributed by atoms with Gasteiger partial charge < -0.3 is 9.64 Å². The van der Waals surface area contributed by atoms with Crippen LogP contribution in [-0.4, -0.2) is 37.0 Å². The Hall–Kier alpha value is -1.55.